The van der Waals surface area contributed by atoms with Crippen LogP contribution in [0.3, 0.4) is 0 Å². The van der Waals surface area contributed by atoms with Gasteiger partial charge in [0.2, 0.25) is 5.91 Å². The Morgan fingerprint density at radius 3 is 2.77 bits per heavy atom. The van der Waals surface area contributed by atoms with Gasteiger partial charge in [0.15, 0.2) is 5.78 Å². The Morgan fingerprint density at radius 1 is 1.16 bits per heavy atom. The average molecular weight is 441 g/mol. The third-order valence-electron chi connectivity index (χ3n) is 6.94. The SMILES string of the molecule is O=C(NC(CC1CCCCC1)C(=O)N1CCC2OCC(=O)C21)c1cc2ccccc2s1. The second kappa shape index (κ2) is 8.71. The molecule has 0 radical (unpaired) electrons. The molecule has 5 rings (SSSR count). The van der Waals surface area contributed by atoms with E-state index in [0.29, 0.717) is 30.2 Å². The zero-order chi connectivity index (χ0) is 21.4. The molecule has 164 valence electrons. The molecule has 0 bridgehead atoms. The van der Waals surface area contributed by atoms with E-state index in [1.165, 1.54) is 30.6 Å². The number of fused-ring (bicyclic) bond motifs is 2. The molecule has 31 heavy (non-hydrogen) atoms. The van der Waals surface area contributed by atoms with Crippen molar-refractivity contribution in [3.8, 4) is 0 Å². The van der Waals surface area contributed by atoms with Crippen molar-refractivity contribution >= 4 is 39.0 Å². The Hall–Kier alpha value is -2.25. The van der Waals surface area contributed by atoms with Gasteiger partial charge < -0.3 is 15.0 Å². The third-order valence-corrected chi connectivity index (χ3v) is 8.06. The minimum atomic E-state index is -0.604. The zero-order valence-electron chi connectivity index (χ0n) is 17.5. The summed E-state index contributed by atoms with van der Waals surface area (Å²) in [5, 5.41) is 4.07. The van der Waals surface area contributed by atoms with Crippen molar-refractivity contribution in [3.63, 3.8) is 0 Å². The van der Waals surface area contributed by atoms with Gasteiger partial charge in [-0.25, -0.2) is 0 Å². The number of thiophene rings is 1. The van der Waals surface area contributed by atoms with Crippen LogP contribution in [0.25, 0.3) is 10.1 Å². The minimum absolute atomic E-state index is 0.0249. The van der Waals surface area contributed by atoms with Crippen molar-refractivity contribution < 1.29 is 19.1 Å². The number of amides is 2. The van der Waals surface area contributed by atoms with Crippen LogP contribution in [0.2, 0.25) is 0 Å². The van der Waals surface area contributed by atoms with Crippen LogP contribution in [-0.4, -0.2) is 53.8 Å². The molecule has 2 aromatic rings. The molecule has 2 saturated heterocycles. The molecule has 6 nitrogen and oxygen atoms in total. The van der Waals surface area contributed by atoms with Crippen LogP contribution < -0.4 is 5.32 Å². The average Bonchev–Trinajstić information content (AvgIpc) is 3.49. The Kier molecular flexibility index (Phi) is 5.80. The van der Waals surface area contributed by atoms with E-state index in [1.807, 2.05) is 30.3 Å². The highest BCUT2D eigenvalue weighted by molar-refractivity contribution is 7.20. The molecule has 1 N–H and O–H groups in total. The Labute approximate surface area is 185 Å². The number of carbonyl (C=O) groups is 3. The fraction of sp³-hybridized carbons (Fsp3) is 0.542. The predicted molar refractivity (Wildman–Crippen MR) is 119 cm³/mol. The first-order valence-electron chi connectivity index (χ1n) is 11.3. The lowest BCUT2D eigenvalue weighted by Crippen LogP contribution is -2.52. The Morgan fingerprint density at radius 2 is 1.97 bits per heavy atom. The van der Waals surface area contributed by atoms with Crippen molar-refractivity contribution in [1.82, 2.24) is 10.2 Å². The topological polar surface area (TPSA) is 75.7 Å². The van der Waals surface area contributed by atoms with E-state index in [0.717, 1.165) is 22.9 Å². The van der Waals surface area contributed by atoms with Gasteiger partial charge in [-0.15, -0.1) is 11.3 Å². The minimum Gasteiger partial charge on any atom is -0.368 e. The lowest BCUT2D eigenvalue weighted by atomic mass is 9.84. The Balaban J connectivity index is 1.36. The number of rotatable bonds is 5. The van der Waals surface area contributed by atoms with E-state index in [9.17, 15) is 14.4 Å². The predicted octanol–water partition coefficient (Wildman–Crippen LogP) is 3.54. The maximum absolute atomic E-state index is 13.6. The summed E-state index contributed by atoms with van der Waals surface area (Å²) < 4.78 is 6.61. The normalized spacial score (nSPS) is 25.0. The second-order valence-electron chi connectivity index (χ2n) is 9.00. The summed E-state index contributed by atoms with van der Waals surface area (Å²) in [6.07, 6.45) is 6.91. The summed E-state index contributed by atoms with van der Waals surface area (Å²) in [6, 6.07) is 8.70. The lowest BCUT2D eigenvalue weighted by Gasteiger charge is -2.31. The smallest absolute Gasteiger partial charge is 0.262 e. The van der Waals surface area contributed by atoms with Crippen LogP contribution in [0.1, 0.15) is 54.6 Å². The lowest BCUT2D eigenvalue weighted by molar-refractivity contribution is -0.138. The first kappa shape index (κ1) is 20.6. The summed E-state index contributed by atoms with van der Waals surface area (Å²) >= 11 is 1.44. The fourth-order valence-corrected chi connectivity index (χ4v) is 6.31. The van der Waals surface area contributed by atoms with Crippen LogP contribution in [0.15, 0.2) is 30.3 Å². The molecular weight excluding hydrogens is 412 g/mol. The summed E-state index contributed by atoms with van der Waals surface area (Å²) in [6.45, 7) is 0.598. The van der Waals surface area contributed by atoms with Gasteiger partial charge in [-0.2, -0.15) is 0 Å². The van der Waals surface area contributed by atoms with Gasteiger partial charge >= 0.3 is 0 Å². The molecule has 7 heteroatoms. The van der Waals surface area contributed by atoms with Gasteiger partial charge in [-0.3, -0.25) is 14.4 Å². The van der Waals surface area contributed by atoms with Gasteiger partial charge in [-0.05, 0) is 36.3 Å². The number of carbonyl (C=O) groups excluding carboxylic acids is 3. The number of nitrogens with zero attached hydrogens (tertiary/aromatic N) is 1. The molecular formula is C24H28N2O4S. The highest BCUT2D eigenvalue weighted by Crippen LogP contribution is 2.32. The summed E-state index contributed by atoms with van der Waals surface area (Å²) in [7, 11) is 0. The summed E-state index contributed by atoms with van der Waals surface area (Å²) in [5.41, 5.74) is 0. The van der Waals surface area contributed by atoms with Crippen LogP contribution in [0.5, 0.6) is 0 Å². The number of ether oxygens (including phenoxy) is 1. The first-order valence-corrected chi connectivity index (χ1v) is 12.2. The molecule has 1 aromatic carbocycles. The van der Waals surface area contributed by atoms with E-state index in [4.69, 9.17) is 4.74 Å². The number of nitrogens with one attached hydrogen (secondary N) is 1. The monoisotopic (exact) mass is 440 g/mol. The molecule has 2 amide bonds. The summed E-state index contributed by atoms with van der Waals surface area (Å²) in [4.78, 5) is 41.3. The first-order chi connectivity index (χ1) is 15.1. The number of hydrogen-bond donors (Lipinski definition) is 1. The van der Waals surface area contributed by atoms with Crippen molar-refractivity contribution in [2.24, 2.45) is 5.92 Å². The molecule has 1 saturated carbocycles. The van der Waals surface area contributed by atoms with Crippen LogP contribution in [0.4, 0.5) is 0 Å². The van der Waals surface area contributed by atoms with Crippen molar-refractivity contribution in [2.45, 2.75) is 63.1 Å². The third kappa shape index (κ3) is 4.13. The molecule has 1 aromatic heterocycles. The van der Waals surface area contributed by atoms with E-state index in [1.54, 1.807) is 4.90 Å². The quantitative estimate of drug-likeness (QED) is 0.772. The van der Waals surface area contributed by atoms with E-state index in [2.05, 4.69) is 5.32 Å². The van der Waals surface area contributed by atoms with Crippen molar-refractivity contribution in [1.29, 1.82) is 0 Å². The van der Waals surface area contributed by atoms with Gasteiger partial charge in [0, 0.05) is 11.2 Å². The molecule has 3 unspecified atom stereocenters. The van der Waals surface area contributed by atoms with Crippen molar-refractivity contribution in [2.75, 3.05) is 13.2 Å². The molecule has 2 aliphatic heterocycles. The number of benzene rings is 1. The standard InChI is InChI=1S/C24H28N2O4S/c27-18-14-30-19-10-11-26(22(18)19)24(29)17(12-15-6-2-1-3-7-15)25-23(28)21-13-16-8-4-5-9-20(16)31-21/h4-5,8-9,13,15,17,19,22H,1-3,6-7,10-12,14H2,(H,25,28). The zero-order valence-corrected chi connectivity index (χ0v) is 18.4. The number of ketones is 1. The largest absolute Gasteiger partial charge is 0.368 e. The number of Topliss-reactive ketones (excluding diaryl/α,β-unsaturated/α-hetero) is 1. The number of likely N-dealkylation sites (tertiary alicyclic amines) is 1. The number of hydrogen-bond acceptors (Lipinski definition) is 5. The molecule has 3 atom stereocenters. The van der Waals surface area contributed by atoms with Gasteiger partial charge in [0.25, 0.3) is 5.91 Å². The van der Waals surface area contributed by atoms with E-state index in [-0.39, 0.29) is 30.3 Å². The van der Waals surface area contributed by atoms with Crippen LogP contribution >= 0.6 is 11.3 Å². The van der Waals surface area contributed by atoms with Crippen LogP contribution in [0, 0.1) is 5.92 Å². The van der Waals surface area contributed by atoms with Crippen LogP contribution in [-0.2, 0) is 14.3 Å². The van der Waals surface area contributed by atoms with Gasteiger partial charge in [0.05, 0.1) is 11.0 Å². The maximum Gasteiger partial charge on any atom is 0.262 e. The second-order valence-corrected chi connectivity index (χ2v) is 10.1. The molecule has 0 spiro atoms. The van der Waals surface area contributed by atoms with E-state index >= 15 is 0 Å². The fourth-order valence-electron chi connectivity index (χ4n) is 5.34. The van der Waals surface area contributed by atoms with E-state index < -0.39 is 12.1 Å². The molecule has 3 fully saturated rings. The van der Waals surface area contributed by atoms with Crippen molar-refractivity contribution in [3.05, 3.63) is 35.2 Å². The summed E-state index contributed by atoms with van der Waals surface area (Å²) in [5.74, 6) is 0.0638. The highest BCUT2D eigenvalue weighted by Gasteiger charge is 2.48. The molecule has 1 aliphatic carbocycles. The van der Waals surface area contributed by atoms with Gasteiger partial charge in [0.1, 0.15) is 18.7 Å². The van der Waals surface area contributed by atoms with Gasteiger partial charge in [-0.1, -0.05) is 50.3 Å². The highest BCUT2D eigenvalue weighted by atomic mass is 32.1. The Bertz CT molecular complexity index is 963. The molecule has 3 aliphatic rings. The molecule has 3 heterocycles. The maximum atomic E-state index is 13.6.